The lowest BCUT2D eigenvalue weighted by molar-refractivity contribution is -0.122. The van der Waals surface area contributed by atoms with Crippen molar-refractivity contribution >= 4 is 29.6 Å². The highest BCUT2D eigenvalue weighted by Crippen LogP contribution is 2.35. The molecule has 0 unspecified atom stereocenters. The van der Waals surface area contributed by atoms with Crippen LogP contribution >= 0.6 is 0 Å². The second-order valence-corrected chi connectivity index (χ2v) is 8.27. The second-order valence-electron chi connectivity index (χ2n) is 8.27. The summed E-state index contributed by atoms with van der Waals surface area (Å²) in [5.74, 6) is -0.463. The Hall–Kier alpha value is -4.65. The molecule has 1 fully saturated rings. The number of urea groups is 1. The molecule has 0 bridgehead atoms. The summed E-state index contributed by atoms with van der Waals surface area (Å²) >= 11 is 0. The summed E-state index contributed by atoms with van der Waals surface area (Å²) in [4.78, 5) is 39.3. The SMILES string of the molecule is C=CCc1cc(/C=C2\C(=O)NC(=O)N(c3ccc(C)cc3)C2=O)cc(OC)c1OCc1ccccc1. The Kier molecular flexibility index (Phi) is 7.30. The van der Waals surface area contributed by atoms with E-state index in [1.807, 2.05) is 43.3 Å². The zero-order valence-electron chi connectivity index (χ0n) is 20.1. The van der Waals surface area contributed by atoms with E-state index in [-0.39, 0.29) is 5.57 Å². The molecule has 7 nitrogen and oxygen atoms in total. The Bertz CT molecular complexity index is 1340. The summed E-state index contributed by atoms with van der Waals surface area (Å²) in [6.45, 7) is 6.07. The van der Waals surface area contributed by atoms with Crippen LogP contribution in [-0.4, -0.2) is 25.0 Å². The van der Waals surface area contributed by atoms with Gasteiger partial charge in [-0.15, -0.1) is 6.58 Å². The number of methoxy groups -OCH3 is 1. The van der Waals surface area contributed by atoms with Gasteiger partial charge in [-0.2, -0.15) is 0 Å². The lowest BCUT2D eigenvalue weighted by atomic mass is 10.0. The molecule has 0 spiro atoms. The topological polar surface area (TPSA) is 84.9 Å². The number of imide groups is 2. The van der Waals surface area contributed by atoms with Gasteiger partial charge in [0.25, 0.3) is 11.8 Å². The Labute approximate surface area is 209 Å². The van der Waals surface area contributed by atoms with Crippen molar-refractivity contribution in [2.75, 3.05) is 12.0 Å². The minimum atomic E-state index is -0.791. The van der Waals surface area contributed by atoms with Crippen molar-refractivity contribution in [3.63, 3.8) is 0 Å². The van der Waals surface area contributed by atoms with Gasteiger partial charge < -0.3 is 9.47 Å². The molecule has 0 aromatic heterocycles. The Morgan fingerprint density at radius 2 is 1.72 bits per heavy atom. The minimum Gasteiger partial charge on any atom is -0.493 e. The van der Waals surface area contributed by atoms with Gasteiger partial charge in [-0.05, 0) is 54.8 Å². The molecule has 1 aliphatic heterocycles. The minimum absolute atomic E-state index is 0.167. The van der Waals surface area contributed by atoms with Gasteiger partial charge in [-0.25, -0.2) is 9.69 Å². The first kappa shape index (κ1) is 24.5. The number of hydrogen-bond acceptors (Lipinski definition) is 5. The molecule has 182 valence electrons. The summed E-state index contributed by atoms with van der Waals surface area (Å²) in [6.07, 6.45) is 3.66. The van der Waals surface area contributed by atoms with Crippen molar-refractivity contribution in [1.29, 1.82) is 0 Å². The third-order valence-corrected chi connectivity index (χ3v) is 5.67. The van der Waals surface area contributed by atoms with Crippen LogP contribution in [0, 0.1) is 6.92 Å². The van der Waals surface area contributed by atoms with Crippen LogP contribution in [0.4, 0.5) is 10.5 Å². The van der Waals surface area contributed by atoms with Crippen LogP contribution < -0.4 is 19.7 Å². The van der Waals surface area contributed by atoms with Crippen molar-refractivity contribution in [2.24, 2.45) is 0 Å². The molecule has 1 heterocycles. The number of nitrogens with one attached hydrogen (secondary N) is 1. The molecule has 4 rings (SSSR count). The first-order valence-electron chi connectivity index (χ1n) is 11.4. The third-order valence-electron chi connectivity index (χ3n) is 5.67. The number of nitrogens with zero attached hydrogens (tertiary/aromatic N) is 1. The van der Waals surface area contributed by atoms with Crippen molar-refractivity contribution in [3.05, 3.63) is 107 Å². The molecule has 4 amide bonds. The largest absolute Gasteiger partial charge is 0.493 e. The lowest BCUT2D eigenvalue weighted by Gasteiger charge is -2.26. The van der Waals surface area contributed by atoms with Gasteiger partial charge in [-0.1, -0.05) is 54.1 Å². The zero-order valence-corrected chi connectivity index (χ0v) is 20.1. The van der Waals surface area contributed by atoms with Crippen LogP contribution in [-0.2, 0) is 22.6 Å². The van der Waals surface area contributed by atoms with E-state index in [0.717, 1.165) is 21.6 Å². The molecule has 0 atom stereocenters. The third kappa shape index (κ3) is 5.20. The molecule has 1 saturated heterocycles. The number of carbonyl (C=O) groups is 3. The predicted molar refractivity (Wildman–Crippen MR) is 138 cm³/mol. The van der Waals surface area contributed by atoms with Crippen LogP contribution in [0.25, 0.3) is 6.08 Å². The van der Waals surface area contributed by atoms with E-state index in [9.17, 15) is 14.4 Å². The number of barbiturate groups is 1. The summed E-state index contributed by atoms with van der Waals surface area (Å²) in [7, 11) is 1.52. The van der Waals surface area contributed by atoms with Gasteiger partial charge in [0.2, 0.25) is 0 Å². The summed E-state index contributed by atoms with van der Waals surface area (Å²) in [5.41, 5.74) is 3.51. The second kappa shape index (κ2) is 10.7. The number of aryl methyl sites for hydroxylation is 1. The average molecular weight is 483 g/mol. The molecule has 0 saturated carbocycles. The number of amides is 4. The van der Waals surface area contributed by atoms with Gasteiger partial charge in [0.05, 0.1) is 12.8 Å². The summed E-state index contributed by atoms with van der Waals surface area (Å²) in [5, 5.41) is 2.25. The van der Waals surface area contributed by atoms with Gasteiger partial charge in [0, 0.05) is 5.56 Å². The van der Waals surface area contributed by atoms with Crippen LogP contribution in [0.1, 0.15) is 22.3 Å². The number of anilines is 1. The molecule has 7 heteroatoms. The molecule has 1 N–H and O–H groups in total. The fourth-order valence-corrected chi connectivity index (χ4v) is 3.87. The molecule has 3 aromatic carbocycles. The van der Waals surface area contributed by atoms with Crippen molar-refractivity contribution in [3.8, 4) is 11.5 Å². The van der Waals surface area contributed by atoms with Crippen LogP contribution in [0.5, 0.6) is 11.5 Å². The number of hydrogen-bond donors (Lipinski definition) is 1. The molecular weight excluding hydrogens is 456 g/mol. The standard InChI is InChI=1S/C29H26N2O5/c1-4-8-22-15-21(17-25(35-3)26(22)36-18-20-9-6-5-7-10-20)16-24-27(32)30-29(34)31(28(24)33)23-13-11-19(2)12-14-23/h4-7,9-17H,1,8,18H2,2-3H3,(H,30,32,34)/b24-16+. The number of ether oxygens (including phenoxy) is 2. The molecule has 36 heavy (non-hydrogen) atoms. The fourth-order valence-electron chi connectivity index (χ4n) is 3.87. The number of carbonyl (C=O) groups excluding carboxylic acids is 3. The smallest absolute Gasteiger partial charge is 0.335 e. The normalized spacial score (nSPS) is 14.6. The zero-order chi connectivity index (χ0) is 25.7. The highest BCUT2D eigenvalue weighted by Gasteiger charge is 2.36. The summed E-state index contributed by atoms with van der Waals surface area (Å²) < 4.78 is 11.7. The predicted octanol–water partition coefficient (Wildman–Crippen LogP) is 4.98. The van der Waals surface area contributed by atoms with Crippen molar-refractivity contribution < 1.29 is 23.9 Å². The first-order valence-corrected chi connectivity index (χ1v) is 11.4. The number of rotatable bonds is 8. The van der Waals surface area contributed by atoms with Gasteiger partial charge in [0.15, 0.2) is 11.5 Å². The van der Waals surface area contributed by atoms with E-state index in [1.165, 1.54) is 13.2 Å². The lowest BCUT2D eigenvalue weighted by Crippen LogP contribution is -2.54. The van der Waals surface area contributed by atoms with Crippen LogP contribution in [0.2, 0.25) is 0 Å². The van der Waals surface area contributed by atoms with Gasteiger partial charge in [-0.3, -0.25) is 14.9 Å². The quantitative estimate of drug-likeness (QED) is 0.278. The highest BCUT2D eigenvalue weighted by molar-refractivity contribution is 6.39. The molecule has 0 radical (unpaired) electrons. The van der Waals surface area contributed by atoms with E-state index in [1.54, 1.807) is 36.4 Å². The van der Waals surface area contributed by atoms with Crippen molar-refractivity contribution in [1.82, 2.24) is 5.32 Å². The maximum Gasteiger partial charge on any atom is 0.335 e. The van der Waals surface area contributed by atoms with E-state index >= 15 is 0 Å². The maximum absolute atomic E-state index is 13.2. The number of benzene rings is 3. The highest BCUT2D eigenvalue weighted by atomic mass is 16.5. The van der Waals surface area contributed by atoms with Gasteiger partial charge in [0.1, 0.15) is 12.2 Å². The van der Waals surface area contributed by atoms with Crippen LogP contribution in [0.3, 0.4) is 0 Å². The fraction of sp³-hybridized carbons (Fsp3) is 0.138. The Balaban J connectivity index is 1.70. The molecule has 0 aliphatic carbocycles. The Morgan fingerprint density at radius 1 is 1.00 bits per heavy atom. The molecular formula is C29H26N2O5. The van der Waals surface area contributed by atoms with E-state index in [0.29, 0.717) is 35.8 Å². The summed E-state index contributed by atoms with van der Waals surface area (Å²) in [6, 6.07) is 19.3. The van der Waals surface area contributed by atoms with Crippen molar-refractivity contribution in [2.45, 2.75) is 20.0 Å². The monoisotopic (exact) mass is 482 g/mol. The van der Waals surface area contributed by atoms with Gasteiger partial charge >= 0.3 is 6.03 Å². The first-order chi connectivity index (χ1) is 17.4. The molecule has 1 aliphatic rings. The molecule has 3 aromatic rings. The van der Waals surface area contributed by atoms with Crippen LogP contribution in [0.15, 0.2) is 85.0 Å². The maximum atomic E-state index is 13.2. The average Bonchev–Trinajstić information content (AvgIpc) is 2.87. The van der Waals surface area contributed by atoms with E-state index in [4.69, 9.17) is 9.47 Å². The van der Waals surface area contributed by atoms with E-state index < -0.39 is 17.8 Å². The van der Waals surface area contributed by atoms with E-state index in [2.05, 4.69) is 11.9 Å². The number of allylic oxidation sites excluding steroid dienone is 1. The Morgan fingerprint density at radius 3 is 2.39 bits per heavy atom.